The highest BCUT2D eigenvalue weighted by molar-refractivity contribution is 5.96. The molecule has 3 aromatic rings. The van der Waals surface area contributed by atoms with E-state index in [1.165, 1.54) is 0 Å². The van der Waals surface area contributed by atoms with Crippen LogP contribution in [0, 0.1) is 0 Å². The first-order valence-corrected chi connectivity index (χ1v) is 11.8. The number of pyridine rings is 2. The molecule has 1 aromatic carbocycles. The lowest BCUT2D eigenvalue weighted by atomic mass is 10.0. The van der Waals surface area contributed by atoms with Crippen molar-refractivity contribution in [2.45, 2.75) is 31.3 Å². The normalized spacial score (nSPS) is 20.2. The molecule has 2 aliphatic rings. The molecule has 1 amide bonds. The molecule has 0 aliphatic carbocycles. The van der Waals surface area contributed by atoms with E-state index in [1.54, 1.807) is 6.20 Å². The Morgan fingerprint density at radius 1 is 0.970 bits per heavy atom. The topological polar surface area (TPSA) is 73.4 Å². The van der Waals surface area contributed by atoms with Gasteiger partial charge in [0.05, 0.1) is 11.2 Å². The largest absolute Gasteiger partial charge is 0.380 e. The predicted molar refractivity (Wildman–Crippen MR) is 132 cm³/mol. The number of likely N-dealkylation sites (tertiary alicyclic amines) is 2. The van der Waals surface area contributed by atoms with Crippen molar-refractivity contribution >= 4 is 22.5 Å². The molecule has 33 heavy (non-hydrogen) atoms. The van der Waals surface area contributed by atoms with E-state index >= 15 is 0 Å². The van der Waals surface area contributed by atoms with Gasteiger partial charge in [0, 0.05) is 53.2 Å². The predicted octanol–water partition coefficient (Wildman–Crippen LogP) is 3.24. The molecule has 0 saturated carbocycles. The Bertz CT molecular complexity index is 1120. The molecule has 1 atom stereocenters. The first-order valence-electron chi connectivity index (χ1n) is 11.8. The molecule has 2 aliphatic heterocycles. The van der Waals surface area contributed by atoms with Crippen molar-refractivity contribution in [3.63, 3.8) is 0 Å². The van der Waals surface area contributed by atoms with E-state index < -0.39 is 0 Å². The first-order chi connectivity index (χ1) is 16.0. The Morgan fingerprint density at radius 2 is 1.70 bits per heavy atom. The smallest absolute Gasteiger partial charge is 0.251 e. The van der Waals surface area contributed by atoms with E-state index in [1.807, 2.05) is 36.5 Å². The van der Waals surface area contributed by atoms with Crippen LogP contribution in [0.25, 0.3) is 22.2 Å². The van der Waals surface area contributed by atoms with Crippen LogP contribution in [0.15, 0.2) is 48.8 Å². The number of aromatic nitrogens is 2. The van der Waals surface area contributed by atoms with Gasteiger partial charge in [0.15, 0.2) is 0 Å². The lowest BCUT2D eigenvalue weighted by Crippen LogP contribution is -2.43. The van der Waals surface area contributed by atoms with Crippen molar-refractivity contribution in [2.75, 3.05) is 45.6 Å². The number of anilines is 1. The minimum Gasteiger partial charge on any atom is -0.380 e. The average Bonchev–Trinajstić information content (AvgIpc) is 3.25. The van der Waals surface area contributed by atoms with Crippen molar-refractivity contribution in [3.8, 4) is 11.3 Å². The zero-order valence-electron chi connectivity index (χ0n) is 19.4. The Labute approximate surface area is 195 Å². The maximum atomic E-state index is 12.7. The van der Waals surface area contributed by atoms with Gasteiger partial charge >= 0.3 is 0 Å². The summed E-state index contributed by atoms with van der Waals surface area (Å²) < 4.78 is 0. The number of hydrogen-bond donors (Lipinski definition) is 2. The van der Waals surface area contributed by atoms with E-state index in [4.69, 9.17) is 4.98 Å². The second-order valence-corrected chi connectivity index (χ2v) is 9.47. The molecule has 7 nitrogen and oxygen atoms in total. The maximum absolute atomic E-state index is 12.7. The second kappa shape index (κ2) is 9.45. The number of likely N-dealkylation sites (N-methyl/N-ethyl adjacent to an activating group) is 1. The molecule has 1 unspecified atom stereocenters. The summed E-state index contributed by atoms with van der Waals surface area (Å²) in [5, 5.41) is 7.94. The zero-order valence-corrected chi connectivity index (χ0v) is 19.4. The maximum Gasteiger partial charge on any atom is 0.251 e. The molecule has 0 spiro atoms. The van der Waals surface area contributed by atoms with Crippen LogP contribution in [0.4, 0.5) is 5.69 Å². The fourth-order valence-electron chi connectivity index (χ4n) is 4.82. The van der Waals surface area contributed by atoms with Gasteiger partial charge in [0.1, 0.15) is 0 Å². The summed E-state index contributed by atoms with van der Waals surface area (Å²) in [6, 6.07) is 12.5. The third-order valence-electron chi connectivity index (χ3n) is 6.86. The quantitative estimate of drug-likeness (QED) is 0.630. The fourth-order valence-corrected chi connectivity index (χ4v) is 4.82. The van der Waals surface area contributed by atoms with Gasteiger partial charge in [-0.1, -0.05) is 12.1 Å². The molecule has 4 heterocycles. The van der Waals surface area contributed by atoms with Crippen LogP contribution in [0.2, 0.25) is 0 Å². The Balaban J connectivity index is 1.35. The van der Waals surface area contributed by atoms with Gasteiger partial charge in [0.2, 0.25) is 0 Å². The van der Waals surface area contributed by atoms with Gasteiger partial charge < -0.3 is 20.4 Å². The number of amides is 1. The molecule has 2 aromatic heterocycles. The number of nitrogens with one attached hydrogen (secondary N) is 2. The molecule has 2 N–H and O–H groups in total. The van der Waals surface area contributed by atoms with Gasteiger partial charge in [-0.3, -0.25) is 9.78 Å². The zero-order chi connectivity index (χ0) is 22.8. The van der Waals surface area contributed by atoms with E-state index in [-0.39, 0.29) is 11.9 Å². The number of piperidine rings is 1. The number of carbonyl (C=O) groups is 1. The van der Waals surface area contributed by atoms with E-state index in [2.05, 4.69) is 45.6 Å². The number of rotatable bonds is 5. The minimum absolute atomic E-state index is 0.00126. The van der Waals surface area contributed by atoms with Crippen molar-refractivity contribution in [1.82, 2.24) is 25.1 Å². The average molecular weight is 445 g/mol. The first kappa shape index (κ1) is 21.8. The van der Waals surface area contributed by atoms with E-state index in [0.717, 1.165) is 73.3 Å². The Hall–Kier alpha value is -3.03. The summed E-state index contributed by atoms with van der Waals surface area (Å²) in [4.78, 5) is 26.6. The number of carbonyl (C=O) groups excluding carboxylic acids is 1. The van der Waals surface area contributed by atoms with Crippen LogP contribution in [0.3, 0.4) is 0 Å². The lowest BCUT2D eigenvalue weighted by molar-refractivity contribution is 0.0917. The lowest BCUT2D eigenvalue weighted by Gasteiger charge is -2.29. The van der Waals surface area contributed by atoms with Gasteiger partial charge in [-0.25, -0.2) is 4.98 Å². The summed E-state index contributed by atoms with van der Waals surface area (Å²) in [6.45, 7) is 4.19. The molecule has 2 saturated heterocycles. The fraction of sp³-hybridized carbons (Fsp3) is 0.423. The van der Waals surface area contributed by atoms with Crippen LogP contribution in [0.5, 0.6) is 0 Å². The van der Waals surface area contributed by atoms with E-state index in [9.17, 15) is 4.79 Å². The number of benzene rings is 1. The van der Waals surface area contributed by atoms with Gasteiger partial charge in [-0.2, -0.15) is 0 Å². The molecule has 7 heteroatoms. The molecular weight excluding hydrogens is 412 g/mol. The van der Waals surface area contributed by atoms with Gasteiger partial charge in [0.25, 0.3) is 5.91 Å². The summed E-state index contributed by atoms with van der Waals surface area (Å²) >= 11 is 0. The van der Waals surface area contributed by atoms with Crippen LogP contribution >= 0.6 is 0 Å². The molecule has 0 radical (unpaired) electrons. The minimum atomic E-state index is 0.00126. The van der Waals surface area contributed by atoms with Gasteiger partial charge in [-0.05, 0) is 77.3 Å². The van der Waals surface area contributed by atoms with Crippen LogP contribution in [-0.2, 0) is 0 Å². The van der Waals surface area contributed by atoms with Crippen LogP contribution in [0.1, 0.15) is 29.6 Å². The van der Waals surface area contributed by atoms with Crippen LogP contribution in [-0.4, -0.2) is 78.0 Å². The van der Waals surface area contributed by atoms with Crippen molar-refractivity contribution in [3.05, 3.63) is 54.4 Å². The third kappa shape index (κ3) is 4.99. The molecule has 5 rings (SSSR count). The van der Waals surface area contributed by atoms with E-state index in [0.29, 0.717) is 11.6 Å². The molecular formula is C26H32N6O. The number of fused-ring (bicyclic) bond motifs is 1. The Kier molecular flexibility index (Phi) is 6.24. The van der Waals surface area contributed by atoms with Gasteiger partial charge in [-0.15, -0.1) is 0 Å². The highest BCUT2D eigenvalue weighted by Crippen LogP contribution is 2.29. The summed E-state index contributed by atoms with van der Waals surface area (Å²) in [5.41, 5.74) is 4.56. The highest BCUT2D eigenvalue weighted by Gasteiger charge is 2.21. The third-order valence-corrected chi connectivity index (χ3v) is 6.86. The summed E-state index contributed by atoms with van der Waals surface area (Å²) in [6.07, 6.45) is 6.79. The number of hydrogen-bond acceptors (Lipinski definition) is 6. The van der Waals surface area contributed by atoms with Crippen molar-refractivity contribution in [2.24, 2.45) is 0 Å². The van der Waals surface area contributed by atoms with Crippen molar-refractivity contribution in [1.29, 1.82) is 0 Å². The SMILES string of the molecule is CN1CCC(NC(=O)c2ccc(-c3cc(NC4CCN(C)C4)c4cnccc4n3)cc2)CC1. The number of nitrogens with zero attached hydrogens (tertiary/aromatic N) is 4. The Morgan fingerprint density at radius 3 is 2.42 bits per heavy atom. The summed E-state index contributed by atoms with van der Waals surface area (Å²) in [5.74, 6) is 0.00126. The summed E-state index contributed by atoms with van der Waals surface area (Å²) in [7, 11) is 4.28. The monoisotopic (exact) mass is 444 g/mol. The van der Waals surface area contributed by atoms with Crippen LogP contribution < -0.4 is 10.6 Å². The van der Waals surface area contributed by atoms with Crippen molar-refractivity contribution < 1.29 is 4.79 Å². The second-order valence-electron chi connectivity index (χ2n) is 9.47. The standard InChI is InChI=1S/C26H32N6O/c1-31-12-8-20(9-13-31)29-26(33)19-5-3-18(4-6-19)24-15-25(28-21-10-14-32(2)17-21)22-16-27-11-7-23(22)30-24/h3-7,11,15-16,20-21H,8-10,12-14,17H2,1-2H3,(H,28,30)(H,29,33). The molecule has 0 bridgehead atoms. The highest BCUT2D eigenvalue weighted by atomic mass is 16.1. The molecule has 172 valence electrons. The molecule has 2 fully saturated rings.